The number of aromatic nitrogens is 2. The van der Waals surface area contributed by atoms with Crippen LogP contribution in [0.25, 0.3) is 10.9 Å². The van der Waals surface area contributed by atoms with Gasteiger partial charge in [0, 0.05) is 5.69 Å². The highest BCUT2D eigenvalue weighted by molar-refractivity contribution is 5.85. The number of anilines is 1. The lowest BCUT2D eigenvalue weighted by Gasteiger charge is -2.09. The van der Waals surface area contributed by atoms with E-state index >= 15 is 0 Å². The van der Waals surface area contributed by atoms with Gasteiger partial charge in [-0.1, -0.05) is 13.8 Å². The third-order valence-corrected chi connectivity index (χ3v) is 2.56. The van der Waals surface area contributed by atoms with Crippen LogP contribution in [-0.4, -0.2) is 16.6 Å². The maximum Gasteiger partial charge on any atom is 0.224 e. The summed E-state index contributed by atoms with van der Waals surface area (Å²) in [5.41, 5.74) is 7.23. The summed E-state index contributed by atoms with van der Waals surface area (Å²) in [4.78, 5) is 8.33. The summed E-state index contributed by atoms with van der Waals surface area (Å²) in [6, 6.07) is 5.56. The number of nitrogens with two attached hydrogens (primary N) is 1. The molecule has 0 bridgehead atoms. The third-order valence-electron chi connectivity index (χ3n) is 2.56. The standard InChI is InChI=1S/C13H17N3O/c1-9(2)5-6-17-13-11-4-3-10(14)7-12(11)15-8-16-13/h3-4,7-9H,5-6,14H2,1-2H3. The minimum absolute atomic E-state index is 0.624. The highest BCUT2D eigenvalue weighted by atomic mass is 16.5. The van der Waals surface area contributed by atoms with Gasteiger partial charge in [0.05, 0.1) is 17.5 Å². The lowest BCUT2D eigenvalue weighted by molar-refractivity contribution is 0.282. The van der Waals surface area contributed by atoms with Crippen LogP contribution in [0.2, 0.25) is 0 Å². The van der Waals surface area contributed by atoms with Crippen LogP contribution in [0.4, 0.5) is 5.69 Å². The predicted octanol–water partition coefficient (Wildman–Crippen LogP) is 2.64. The zero-order chi connectivity index (χ0) is 12.3. The zero-order valence-corrected chi connectivity index (χ0v) is 10.2. The Morgan fingerprint density at radius 1 is 1.29 bits per heavy atom. The smallest absolute Gasteiger partial charge is 0.224 e. The number of nitrogen functional groups attached to an aromatic ring is 1. The molecular weight excluding hydrogens is 214 g/mol. The molecule has 0 atom stereocenters. The molecule has 0 saturated heterocycles. The summed E-state index contributed by atoms with van der Waals surface area (Å²) in [5, 5.41) is 0.908. The molecule has 0 aliphatic rings. The van der Waals surface area contributed by atoms with Crippen LogP contribution in [0.5, 0.6) is 5.88 Å². The van der Waals surface area contributed by atoms with E-state index < -0.39 is 0 Å². The SMILES string of the molecule is CC(C)CCOc1ncnc2cc(N)ccc12. The largest absolute Gasteiger partial charge is 0.477 e. The van der Waals surface area contributed by atoms with Gasteiger partial charge in [-0.2, -0.15) is 0 Å². The van der Waals surface area contributed by atoms with Crippen LogP contribution in [0.3, 0.4) is 0 Å². The molecule has 0 aliphatic carbocycles. The Bertz CT molecular complexity index is 511. The van der Waals surface area contributed by atoms with E-state index in [-0.39, 0.29) is 0 Å². The maximum absolute atomic E-state index is 5.71. The number of fused-ring (bicyclic) bond motifs is 1. The van der Waals surface area contributed by atoms with E-state index in [0.717, 1.165) is 17.3 Å². The van der Waals surface area contributed by atoms with E-state index in [1.807, 2.05) is 18.2 Å². The Morgan fingerprint density at radius 3 is 2.88 bits per heavy atom. The average Bonchev–Trinajstić information content (AvgIpc) is 2.28. The highest BCUT2D eigenvalue weighted by Crippen LogP contribution is 2.23. The second-order valence-corrected chi connectivity index (χ2v) is 4.49. The fraction of sp³-hybridized carbons (Fsp3) is 0.385. The lowest BCUT2D eigenvalue weighted by Crippen LogP contribution is -2.03. The Labute approximate surface area is 101 Å². The molecule has 4 nitrogen and oxygen atoms in total. The number of hydrogen-bond donors (Lipinski definition) is 1. The Morgan fingerprint density at radius 2 is 2.12 bits per heavy atom. The van der Waals surface area contributed by atoms with Gasteiger partial charge in [0.1, 0.15) is 6.33 Å². The van der Waals surface area contributed by atoms with E-state index in [4.69, 9.17) is 10.5 Å². The molecule has 90 valence electrons. The van der Waals surface area contributed by atoms with E-state index in [1.165, 1.54) is 6.33 Å². The molecule has 4 heteroatoms. The first-order chi connectivity index (χ1) is 8.16. The van der Waals surface area contributed by atoms with Crippen LogP contribution >= 0.6 is 0 Å². The summed E-state index contributed by atoms with van der Waals surface area (Å²) in [5.74, 6) is 1.26. The molecule has 1 aromatic heterocycles. The first kappa shape index (κ1) is 11.6. The van der Waals surface area contributed by atoms with Crippen molar-refractivity contribution in [3.8, 4) is 5.88 Å². The molecule has 2 N–H and O–H groups in total. The molecular formula is C13H17N3O. The molecule has 0 unspecified atom stereocenters. The van der Waals surface area contributed by atoms with E-state index in [9.17, 15) is 0 Å². The Kier molecular flexibility index (Phi) is 3.42. The molecule has 2 aromatic rings. The quantitative estimate of drug-likeness (QED) is 0.822. The van der Waals surface area contributed by atoms with Gasteiger partial charge in [0.15, 0.2) is 0 Å². The lowest BCUT2D eigenvalue weighted by atomic mass is 10.1. The molecule has 0 spiro atoms. The summed E-state index contributed by atoms with van der Waals surface area (Å²) in [6.45, 7) is 5.01. The fourth-order valence-electron chi connectivity index (χ4n) is 1.56. The van der Waals surface area contributed by atoms with Gasteiger partial charge in [-0.3, -0.25) is 0 Å². The fourth-order valence-corrected chi connectivity index (χ4v) is 1.56. The molecule has 2 rings (SSSR count). The maximum atomic E-state index is 5.71. The number of rotatable bonds is 4. The van der Waals surface area contributed by atoms with Gasteiger partial charge < -0.3 is 10.5 Å². The van der Waals surface area contributed by atoms with E-state index in [2.05, 4.69) is 23.8 Å². The van der Waals surface area contributed by atoms with Crippen molar-refractivity contribution >= 4 is 16.6 Å². The molecule has 1 aromatic carbocycles. The van der Waals surface area contributed by atoms with Crippen LogP contribution in [0, 0.1) is 5.92 Å². The number of benzene rings is 1. The van der Waals surface area contributed by atoms with Crippen molar-refractivity contribution in [1.82, 2.24) is 9.97 Å². The highest BCUT2D eigenvalue weighted by Gasteiger charge is 2.05. The van der Waals surface area contributed by atoms with Crippen molar-refractivity contribution in [3.63, 3.8) is 0 Å². The number of ether oxygens (including phenoxy) is 1. The molecule has 17 heavy (non-hydrogen) atoms. The Balaban J connectivity index is 2.22. The van der Waals surface area contributed by atoms with Crippen LogP contribution in [0.1, 0.15) is 20.3 Å². The number of nitrogens with zero attached hydrogens (tertiary/aromatic N) is 2. The average molecular weight is 231 g/mol. The normalized spacial score (nSPS) is 11.0. The topological polar surface area (TPSA) is 61.0 Å². The molecule has 1 heterocycles. The van der Waals surface area contributed by atoms with Crippen molar-refractivity contribution in [3.05, 3.63) is 24.5 Å². The minimum Gasteiger partial charge on any atom is -0.477 e. The summed E-state index contributed by atoms with van der Waals surface area (Å²) in [6.07, 6.45) is 2.52. The van der Waals surface area contributed by atoms with Gasteiger partial charge >= 0.3 is 0 Å². The summed E-state index contributed by atoms with van der Waals surface area (Å²) in [7, 11) is 0. The Hall–Kier alpha value is -1.84. The predicted molar refractivity (Wildman–Crippen MR) is 68.9 cm³/mol. The molecule has 0 fully saturated rings. The first-order valence-electron chi connectivity index (χ1n) is 5.80. The van der Waals surface area contributed by atoms with Crippen molar-refractivity contribution in [2.75, 3.05) is 12.3 Å². The van der Waals surface area contributed by atoms with E-state index in [0.29, 0.717) is 24.1 Å². The molecule has 0 aliphatic heterocycles. The molecule has 0 saturated carbocycles. The monoisotopic (exact) mass is 231 g/mol. The summed E-state index contributed by atoms with van der Waals surface area (Å²) >= 11 is 0. The van der Waals surface area contributed by atoms with Crippen molar-refractivity contribution in [2.45, 2.75) is 20.3 Å². The first-order valence-corrected chi connectivity index (χ1v) is 5.80. The van der Waals surface area contributed by atoms with Gasteiger partial charge in [-0.05, 0) is 30.5 Å². The van der Waals surface area contributed by atoms with Crippen LogP contribution < -0.4 is 10.5 Å². The van der Waals surface area contributed by atoms with Gasteiger partial charge in [0.2, 0.25) is 5.88 Å². The second-order valence-electron chi connectivity index (χ2n) is 4.49. The van der Waals surface area contributed by atoms with Crippen LogP contribution in [0.15, 0.2) is 24.5 Å². The molecule has 0 radical (unpaired) electrons. The minimum atomic E-state index is 0.624. The zero-order valence-electron chi connectivity index (χ0n) is 10.2. The van der Waals surface area contributed by atoms with Crippen LogP contribution in [-0.2, 0) is 0 Å². The van der Waals surface area contributed by atoms with Gasteiger partial charge in [-0.25, -0.2) is 9.97 Å². The molecule has 0 amide bonds. The van der Waals surface area contributed by atoms with Gasteiger partial charge in [-0.15, -0.1) is 0 Å². The van der Waals surface area contributed by atoms with E-state index in [1.54, 1.807) is 0 Å². The van der Waals surface area contributed by atoms with Gasteiger partial charge in [0.25, 0.3) is 0 Å². The number of hydrogen-bond acceptors (Lipinski definition) is 4. The summed E-state index contributed by atoms with van der Waals surface area (Å²) < 4.78 is 5.68. The van der Waals surface area contributed by atoms with Crippen molar-refractivity contribution < 1.29 is 4.74 Å². The van der Waals surface area contributed by atoms with Crippen molar-refractivity contribution in [2.24, 2.45) is 5.92 Å². The van der Waals surface area contributed by atoms with Crippen molar-refractivity contribution in [1.29, 1.82) is 0 Å². The second kappa shape index (κ2) is 4.99. The third kappa shape index (κ3) is 2.84.